The van der Waals surface area contributed by atoms with Gasteiger partial charge in [-0.3, -0.25) is 4.79 Å². The zero-order valence-electron chi connectivity index (χ0n) is 15.1. The molecule has 1 fully saturated rings. The molecule has 27 heavy (non-hydrogen) atoms. The second kappa shape index (κ2) is 6.12. The van der Waals surface area contributed by atoms with Crippen LogP contribution < -0.4 is 4.90 Å². The van der Waals surface area contributed by atoms with Crippen LogP contribution in [0.5, 0.6) is 0 Å². The van der Waals surface area contributed by atoms with Crippen molar-refractivity contribution in [1.82, 2.24) is 24.1 Å². The third kappa shape index (κ3) is 2.63. The number of piperazine rings is 1. The molecule has 3 aromatic heterocycles. The summed E-state index contributed by atoms with van der Waals surface area (Å²) in [6, 6.07) is 12.0. The molecule has 4 heterocycles. The number of amides is 1. The van der Waals surface area contributed by atoms with Gasteiger partial charge in [-0.2, -0.15) is 0 Å². The van der Waals surface area contributed by atoms with Gasteiger partial charge in [-0.25, -0.2) is 9.50 Å². The summed E-state index contributed by atoms with van der Waals surface area (Å²) >= 11 is 0. The molecule has 1 amide bonds. The number of benzene rings is 1. The van der Waals surface area contributed by atoms with E-state index in [1.165, 1.54) is 0 Å². The molecule has 1 aromatic carbocycles. The Balaban J connectivity index is 1.34. The lowest BCUT2D eigenvalue weighted by Crippen LogP contribution is -2.49. The van der Waals surface area contributed by atoms with Gasteiger partial charge in [0.25, 0.3) is 5.91 Å². The Morgan fingerprint density at radius 2 is 1.85 bits per heavy atom. The van der Waals surface area contributed by atoms with E-state index in [0.29, 0.717) is 13.1 Å². The predicted octanol–water partition coefficient (Wildman–Crippen LogP) is 2.18. The largest absolute Gasteiger partial charge is 0.352 e. The van der Waals surface area contributed by atoms with Gasteiger partial charge in [0, 0.05) is 62.7 Å². The minimum absolute atomic E-state index is 0.101. The van der Waals surface area contributed by atoms with E-state index in [0.717, 1.165) is 41.0 Å². The fourth-order valence-corrected chi connectivity index (χ4v) is 3.79. The van der Waals surface area contributed by atoms with Gasteiger partial charge in [0.15, 0.2) is 5.65 Å². The van der Waals surface area contributed by atoms with E-state index in [9.17, 15) is 4.79 Å². The molecule has 7 nitrogen and oxygen atoms in total. The number of hydrogen-bond donors (Lipinski definition) is 0. The Hall–Kier alpha value is -3.35. The zero-order chi connectivity index (χ0) is 18.4. The predicted molar refractivity (Wildman–Crippen MR) is 104 cm³/mol. The molecule has 0 N–H and O–H groups in total. The molecule has 0 saturated carbocycles. The standard InChI is InChI=1S/C20H20N6O/c1-23-14-16(15-4-2-3-5-17(15)23)20(27)25-12-10-24(11-13-25)19-7-6-18-21-8-9-26(18)22-19/h2-9,14H,10-13H2,1H3. The summed E-state index contributed by atoms with van der Waals surface area (Å²) in [6.07, 6.45) is 5.53. The summed E-state index contributed by atoms with van der Waals surface area (Å²) < 4.78 is 3.80. The third-order valence-corrected chi connectivity index (χ3v) is 5.26. The lowest BCUT2D eigenvalue weighted by molar-refractivity contribution is 0.0748. The number of rotatable bonds is 2. The van der Waals surface area contributed by atoms with Crippen LogP contribution in [-0.4, -0.2) is 56.2 Å². The Bertz CT molecular complexity index is 1140. The summed E-state index contributed by atoms with van der Waals surface area (Å²) in [5.74, 6) is 1.02. The number of anilines is 1. The van der Waals surface area contributed by atoms with E-state index in [-0.39, 0.29) is 5.91 Å². The molecule has 1 aliphatic heterocycles. The molecule has 5 rings (SSSR count). The number of aryl methyl sites for hydroxylation is 1. The first-order chi connectivity index (χ1) is 13.2. The number of para-hydroxylation sites is 1. The molecule has 0 spiro atoms. The van der Waals surface area contributed by atoms with Gasteiger partial charge in [0.05, 0.1) is 5.56 Å². The molecule has 0 radical (unpaired) electrons. The van der Waals surface area contributed by atoms with E-state index < -0.39 is 0 Å². The number of carbonyl (C=O) groups excluding carboxylic acids is 1. The Kier molecular flexibility index (Phi) is 3.60. The van der Waals surface area contributed by atoms with E-state index in [2.05, 4.69) is 15.0 Å². The maximum atomic E-state index is 13.1. The van der Waals surface area contributed by atoms with Crippen molar-refractivity contribution in [3.63, 3.8) is 0 Å². The SMILES string of the molecule is Cn1cc(C(=O)N2CCN(c3ccc4nccn4n3)CC2)c2ccccc21. The quantitative estimate of drug-likeness (QED) is 0.550. The fraction of sp³-hybridized carbons (Fsp3) is 0.250. The molecule has 0 atom stereocenters. The summed E-state index contributed by atoms with van der Waals surface area (Å²) in [5, 5.41) is 5.62. The lowest BCUT2D eigenvalue weighted by Gasteiger charge is -2.35. The minimum Gasteiger partial charge on any atom is -0.352 e. The number of nitrogens with zero attached hydrogens (tertiary/aromatic N) is 6. The normalized spacial score (nSPS) is 15.0. The van der Waals surface area contributed by atoms with Crippen LogP contribution in [0.15, 0.2) is 55.0 Å². The van der Waals surface area contributed by atoms with E-state index in [1.807, 2.05) is 65.3 Å². The summed E-state index contributed by atoms with van der Waals surface area (Å²) in [4.78, 5) is 21.5. The van der Waals surface area contributed by atoms with Crippen molar-refractivity contribution in [2.75, 3.05) is 31.1 Å². The maximum absolute atomic E-state index is 13.1. The molecular formula is C20H20N6O. The van der Waals surface area contributed by atoms with Crippen molar-refractivity contribution in [3.05, 3.63) is 60.6 Å². The molecule has 4 aromatic rings. The van der Waals surface area contributed by atoms with Crippen LogP contribution in [0.4, 0.5) is 5.82 Å². The highest BCUT2D eigenvalue weighted by molar-refractivity contribution is 6.07. The van der Waals surface area contributed by atoms with E-state index >= 15 is 0 Å². The summed E-state index contributed by atoms with van der Waals surface area (Å²) in [7, 11) is 1.98. The molecule has 0 bridgehead atoms. The highest BCUT2D eigenvalue weighted by atomic mass is 16.2. The second-order valence-corrected chi connectivity index (χ2v) is 6.87. The monoisotopic (exact) mass is 360 g/mol. The Labute approximate surface area is 156 Å². The van der Waals surface area contributed by atoms with Gasteiger partial charge in [0.1, 0.15) is 5.82 Å². The van der Waals surface area contributed by atoms with Crippen molar-refractivity contribution in [2.45, 2.75) is 0 Å². The summed E-state index contributed by atoms with van der Waals surface area (Å²) in [5.41, 5.74) is 2.69. The van der Waals surface area contributed by atoms with Gasteiger partial charge in [-0.15, -0.1) is 5.10 Å². The number of imidazole rings is 1. The van der Waals surface area contributed by atoms with Gasteiger partial charge in [-0.05, 0) is 18.2 Å². The summed E-state index contributed by atoms with van der Waals surface area (Å²) in [6.45, 7) is 2.91. The van der Waals surface area contributed by atoms with Crippen molar-refractivity contribution < 1.29 is 4.79 Å². The number of aromatic nitrogens is 4. The van der Waals surface area contributed by atoms with Gasteiger partial charge >= 0.3 is 0 Å². The fourth-order valence-electron chi connectivity index (χ4n) is 3.79. The maximum Gasteiger partial charge on any atom is 0.256 e. The molecule has 1 aliphatic rings. The van der Waals surface area contributed by atoms with Crippen molar-refractivity contribution >= 4 is 28.3 Å². The third-order valence-electron chi connectivity index (χ3n) is 5.26. The highest BCUT2D eigenvalue weighted by Gasteiger charge is 2.25. The van der Waals surface area contributed by atoms with Crippen LogP contribution in [0, 0.1) is 0 Å². The Morgan fingerprint density at radius 3 is 2.70 bits per heavy atom. The minimum atomic E-state index is 0.101. The van der Waals surface area contributed by atoms with Gasteiger partial charge in [0.2, 0.25) is 0 Å². The van der Waals surface area contributed by atoms with Crippen molar-refractivity contribution in [1.29, 1.82) is 0 Å². The molecule has 1 saturated heterocycles. The molecular weight excluding hydrogens is 340 g/mol. The lowest BCUT2D eigenvalue weighted by atomic mass is 10.1. The highest BCUT2D eigenvalue weighted by Crippen LogP contribution is 2.23. The molecule has 136 valence electrons. The van der Waals surface area contributed by atoms with E-state index in [4.69, 9.17) is 0 Å². The first kappa shape index (κ1) is 15.9. The second-order valence-electron chi connectivity index (χ2n) is 6.87. The first-order valence-corrected chi connectivity index (χ1v) is 9.09. The molecule has 7 heteroatoms. The Morgan fingerprint density at radius 1 is 1.04 bits per heavy atom. The van der Waals surface area contributed by atoms with Crippen molar-refractivity contribution in [3.8, 4) is 0 Å². The average Bonchev–Trinajstić information content (AvgIpc) is 3.32. The molecule has 0 aliphatic carbocycles. The van der Waals surface area contributed by atoms with Crippen LogP contribution in [0.1, 0.15) is 10.4 Å². The van der Waals surface area contributed by atoms with Crippen LogP contribution in [0.25, 0.3) is 16.6 Å². The number of hydrogen-bond acceptors (Lipinski definition) is 4. The van der Waals surface area contributed by atoms with Gasteiger partial charge < -0.3 is 14.4 Å². The zero-order valence-corrected chi connectivity index (χ0v) is 15.1. The molecule has 0 unspecified atom stereocenters. The van der Waals surface area contributed by atoms with Crippen molar-refractivity contribution in [2.24, 2.45) is 7.05 Å². The topological polar surface area (TPSA) is 58.7 Å². The first-order valence-electron chi connectivity index (χ1n) is 9.09. The van der Waals surface area contributed by atoms with Crippen LogP contribution >= 0.6 is 0 Å². The van der Waals surface area contributed by atoms with Crippen LogP contribution in [0.2, 0.25) is 0 Å². The van der Waals surface area contributed by atoms with E-state index in [1.54, 1.807) is 10.7 Å². The van der Waals surface area contributed by atoms with Gasteiger partial charge in [-0.1, -0.05) is 18.2 Å². The smallest absolute Gasteiger partial charge is 0.256 e. The average molecular weight is 360 g/mol. The van der Waals surface area contributed by atoms with Crippen LogP contribution in [-0.2, 0) is 7.05 Å². The van der Waals surface area contributed by atoms with Crippen LogP contribution in [0.3, 0.4) is 0 Å². The number of carbonyl (C=O) groups is 1. The number of fused-ring (bicyclic) bond motifs is 2.